The van der Waals surface area contributed by atoms with Crippen molar-refractivity contribution in [3.05, 3.63) is 0 Å². The SMILES string of the molecule is CCC1NC2(CCCC2)C(=O)N1CCOCC(F)(F)F. The summed E-state index contributed by atoms with van der Waals surface area (Å²) in [5.74, 6) is 0.0254. The molecule has 20 heavy (non-hydrogen) atoms. The Bertz CT molecular complexity index is 354. The van der Waals surface area contributed by atoms with Crippen LogP contribution in [0, 0.1) is 0 Å². The van der Waals surface area contributed by atoms with Crippen molar-refractivity contribution in [2.45, 2.75) is 56.9 Å². The van der Waals surface area contributed by atoms with E-state index in [2.05, 4.69) is 10.1 Å². The third kappa shape index (κ3) is 3.25. The van der Waals surface area contributed by atoms with E-state index in [0.717, 1.165) is 32.1 Å². The summed E-state index contributed by atoms with van der Waals surface area (Å²) in [7, 11) is 0. The zero-order valence-corrected chi connectivity index (χ0v) is 11.6. The van der Waals surface area contributed by atoms with E-state index in [1.807, 2.05) is 6.92 Å². The van der Waals surface area contributed by atoms with Gasteiger partial charge >= 0.3 is 6.18 Å². The highest BCUT2D eigenvalue weighted by molar-refractivity contribution is 5.89. The van der Waals surface area contributed by atoms with E-state index >= 15 is 0 Å². The molecule has 1 saturated heterocycles. The van der Waals surface area contributed by atoms with Crippen LogP contribution >= 0.6 is 0 Å². The van der Waals surface area contributed by atoms with Crippen LogP contribution in [-0.4, -0.2) is 48.4 Å². The lowest BCUT2D eigenvalue weighted by molar-refractivity contribution is -0.175. The molecule has 1 atom stereocenters. The lowest BCUT2D eigenvalue weighted by Gasteiger charge is -2.23. The Morgan fingerprint density at radius 2 is 2.05 bits per heavy atom. The fraction of sp³-hybridized carbons (Fsp3) is 0.923. The summed E-state index contributed by atoms with van der Waals surface area (Å²) >= 11 is 0. The first-order valence-electron chi connectivity index (χ1n) is 7.11. The van der Waals surface area contributed by atoms with Gasteiger partial charge in [-0.15, -0.1) is 0 Å². The van der Waals surface area contributed by atoms with Crippen LogP contribution in [0.15, 0.2) is 0 Å². The normalized spacial score (nSPS) is 25.9. The molecule has 1 N–H and O–H groups in total. The Morgan fingerprint density at radius 1 is 1.40 bits per heavy atom. The smallest absolute Gasteiger partial charge is 0.370 e. The van der Waals surface area contributed by atoms with Crippen molar-refractivity contribution in [3.63, 3.8) is 0 Å². The molecule has 1 spiro atoms. The molecule has 1 unspecified atom stereocenters. The van der Waals surface area contributed by atoms with E-state index in [4.69, 9.17) is 0 Å². The second-order valence-electron chi connectivity index (χ2n) is 5.52. The van der Waals surface area contributed by atoms with Gasteiger partial charge in [0.1, 0.15) is 6.61 Å². The van der Waals surface area contributed by atoms with Crippen LogP contribution in [0.2, 0.25) is 0 Å². The van der Waals surface area contributed by atoms with Crippen LogP contribution < -0.4 is 5.32 Å². The summed E-state index contributed by atoms with van der Waals surface area (Å²) in [5.41, 5.74) is -0.468. The standard InChI is InChI=1S/C13H21F3N2O2/c1-2-10-17-12(5-3-4-6-12)11(19)18(10)7-8-20-9-13(14,15)16/h10,17H,2-9H2,1H3. The van der Waals surface area contributed by atoms with Crippen molar-refractivity contribution < 1.29 is 22.7 Å². The second-order valence-corrected chi connectivity index (χ2v) is 5.52. The van der Waals surface area contributed by atoms with E-state index in [-0.39, 0.29) is 25.2 Å². The van der Waals surface area contributed by atoms with Gasteiger partial charge in [0.2, 0.25) is 5.91 Å². The van der Waals surface area contributed by atoms with E-state index in [1.165, 1.54) is 0 Å². The molecule has 1 aliphatic carbocycles. The number of halogens is 3. The average molecular weight is 294 g/mol. The molecule has 2 fully saturated rings. The van der Waals surface area contributed by atoms with Crippen LogP contribution in [0.5, 0.6) is 0 Å². The lowest BCUT2D eigenvalue weighted by Crippen LogP contribution is -2.44. The first-order valence-corrected chi connectivity index (χ1v) is 7.11. The molecule has 116 valence electrons. The maximum atomic E-state index is 12.5. The topological polar surface area (TPSA) is 41.6 Å². The molecular weight excluding hydrogens is 273 g/mol. The summed E-state index contributed by atoms with van der Waals surface area (Å²) in [6.07, 6.45) is 0.0257. The van der Waals surface area contributed by atoms with Gasteiger partial charge in [-0.3, -0.25) is 10.1 Å². The largest absolute Gasteiger partial charge is 0.411 e. The summed E-state index contributed by atoms with van der Waals surface area (Å²) in [5, 5.41) is 3.37. The quantitative estimate of drug-likeness (QED) is 0.789. The monoisotopic (exact) mass is 294 g/mol. The predicted octanol–water partition coefficient (Wildman–Crippen LogP) is 2.05. The van der Waals surface area contributed by atoms with Crippen molar-refractivity contribution >= 4 is 5.91 Å². The van der Waals surface area contributed by atoms with E-state index in [0.29, 0.717) is 0 Å². The number of nitrogens with zero attached hydrogens (tertiary/aromatic N) is 1. The number of carbonyl (C=O) groups is 1. The van der Waals surface area contributed by atoms with Crippen molar-refractivity contribution in [3.8, 4) is 0 Å². The molecule has 7 heteroatoms. The number of alkyl halides is 3. The Kier molecular flexibility index (Phi) is 4.59. The maximum Gasteiger partial charge on any atom is 0.411 e. The lowest BCUT2D eigenvalue weighted by atomic mass is 9.98. The average Bonchev–Trinajstić information content (AvgIpc) is 2.93. The highest BCUT2D eigenvalue weighted by atomic mass is 19.4. The molecule has 0 radical (unpaired) electrons. The third-order valence-corrected chi connectivity index (χ3v) is 4.08. The van der Waals surface area contributed by atoms with E-state index < -0.39 is 18.3 Å². The van der Waals surface area contributed by atoms with Crippen LogP contribution in [0.3, 0.4) is 0 Å². The van der Waals surface area contributed by atoms with Crippen LogP contribution in [0.1, 0.15) is 39.0 Å². The Labute approximate surface area is 116 Å². The maximum absolute atomic E-state index is 12.5. The number of rotatable bonds is 5. The number of carbonyl (C=O) groups excluding carboxylic acids is 1. The molecule has 1 saturated carbocycles. The first-order chi connectivity index (χ1) is 9.38. The molecule has 1 aliphatic heterocycles. The van der Waals surface area contributed by atoms with Crippen LogP contribution in [0.4, 0.5) is 13.2 Å². The van der Waals surface area contributed by atoms with Crippen LogP contribution in [-0.2, 0) is 9.53 Å². The van der Waals surface area contributed by atoms with Crippen molar-refractivity contribution in [1.82, 2.24) is 10.2 Å². The molecule has 0 aromatic heterocycles. The Hall–Kier alpha value is -0.820. The number of hydrogen-bond donors (Lipinski definition) is 1. The molecule has 2 rings (SSSR count). The van der Waals surface area contributed by atoms with Gasteiger partial charge in [-0.25, -0.2) is 0 Å². The van der Waals surface area contributed by atoms with Gasteiger partial charge < -0.3 is 9.64 Å². The fourth-order valence-corrected chi connectivity index (χ4v) is 3.14. The number of hydrogen-bond acceptors (Lipinski definition) is 3. The molecule has 0 aromatic carbocycles. The molecule has 4 nitrogen and oxygen atoms in total. The molecular formula is C13H21F3N2O2. The zero-order chi connectivity index (χ0) is 14.8. The molecule has 0 bridgehead atoms. The highest BCUT2D eigenvalue weighted by Gasteiger charge is 2.51. The summed E-state index contributed by atoms with van der Waals surface area (Å²) in [6, 6.07) is 0. The second kappa shape index (κ2) is 5.89. The first kappa shape index (κ1) is 15.6. The minimum absolute atomic E-state index is 0.0254. The molecule has 0 aromatic rings. The van der Waals surface area contributed by atoms with Crippen LogP contribution in [0.25, 0.3) is 0 Å². The Balaban J connectivity index is 1.88. The Morgan fingerprint density at radius 3 is 2.60 bits per heavy atom. The predicted molar refractivity (Wildman–Crippen MR) is 67.0 cm³/mol. The van der Waals surface area contributed by atoms with E-state index in [9.17, 15) is 18.0 Å². The van der Waals surface area contributed by atoms with Crippen molar-refractivity contribution in [1.29, 1.82) is 0 Å². The minimum Gasteiger partial charge on any atom is -0.370 e. The van der Waals surface area contributed by atoms with Gasteiger partial charge in [0, 0.05) is 6.54 Å². The van der Waals surface area contributed by atoms with Gasteiger partial charge in [-0.05, 0) is 19.3 Å². The van der Waals surface area contributed by atoms with Gasteiger partial charge in [-0.1, -0.05) is 19.8 Å². The van der Waals surface area contributed by atoms with Gasteiger partial charge in [0.25, 0.3) is 0 Å². The number of ether oxygens (including phenoxy) is 1. The summed E-state index contributed by atoms with van der Waals surface area (Å²) < 4.78 is 40.6. The molecule has 2 aliphatic rings. The summed E-state index contributed by atoms with van der Waals surface area (Å²) in [4.78, 5) is 14.1. The fourth-order valence-electron chi connectivity index (χ4n) is 3.14. The minimum atomic E-state index is -4.32. The number of amides is 1. The third-order valence-electron chi connectivity index (χ3n) is 4.08. The van der Waals surface area contributed by atoms with Crippen molar-refractivity contribution in [2.24, 2.45) is 0 Å². The van der Waals surface area contributed by atoms with Gasteiger partial charge in [0.15, 0.2) is 0 Å². The van der Waals surface area contributed by atoms with Gasteiger partial charge in [0.05, 0.1) is 18.3 Å². The molecule has 1 heterocycles. The van der Waals surface area contributed by atoms with E-state index in [1.54, 1.807) is 4.90 Å². The van der Waals surface area contributed by atoms with Gasteiger partial charge in [-0.2, -0.15) is 13.2 Å². The molecule has 1 amide bonds. The summed E-state index contributed by atoms with van der Waals surface area (Å²) in [6.45, 7) is 0.828. The highest BCUT2D eigenvalue weighted by Crippen LogP contribution is 2.36. The number of nitrogens with one attached hydrogen (secondary N) is 1. The van der Waals surface area contributed by atoms with Crippen molar-refractivity contribution in [2.75, 3.05) is 19.8 Å². The zero-order valence-electron chi connectivity index (χ0n) is 11.6.